The Bertz CT molecular complexity index is 1450. The van der Waals surface area contributed by atoms with Crippen molar-refractivity contribution in [2.75, 3.05) is 11.5 Å². The van der Waals surface area contributed by atoms with Crippen molar-refractivity contribution in [3.05, 3.63) is 94.4 Å². The standard InChI is InChI=1S/C26H20ClN3O5S2/c1-2-34-18-11-7-16(8-12-18)22(31)20-21(19-4-3-13-35-19)30(24(33)23(20)32)25-28-29-26(37-25)36-14-15-5-9-17(27)10-6-15/h3-13,21,31H,2,14H2,1H3/b22-20-. The van der Waals surface area contributed by atoms with Crippen molar-refractivity contribution in [2.24, 2.45) is 0 Å². The van der Waals surface area contributed by atoms with Gasteiger partial charge in [0.1, 0.15) is 23.3 Å². The summed E-state index contributed by atoms with van der Waals surface area (Å²) in [5.41, 5.74) is 1.33. The number of amides is 1. The van der Waals surface area contributed by atoms with Gasteiger partial charge in [0.05, 0.1) is 18.4 Å². The van der Waals surface area contributed by atoms with Crippen molar-refractivity contribution >= 4 is 57.3 Å². The first-order chi connectivity index (χ1) is 18.0. The molecule has 3 heterocycles. The third-order valence-corrected chi connectivity index (χ3v) is 7.95. The van der Waals surface area contributed by atoms with Crippen LogP contribution in [-0.4, -0.2) is 33.6 Å². The van der Waals surface area contributed by atoms with E-state index in [1.807, 2.05) is 31.2 Å². The number of ether oxygens (including phenoxy) is 1. The normalized spacial score (nSPS) is 16.9. The number of rotatable bonds is 8. The third kappa shape index (κ3) is 5.13. The zero-order chi connectivity index (χ0) is 25.9. The van der Waals surface area contributed by atoms with E-state index in [-0.39, 0.29) is 16.5 Å². The SMILES string of the molecule is CCOc1ccc(/C(O)=C2/C(=O)C(=O)N(c3nnc(SCc4ccc(Cl)cc4)s3)C2c2ccco2)cc1. The highest BCUT2D eigenvalue weighted by Crippen LogP contribution is 2.44. The second kappa shape index (κ2) is 10.8. The predicted molar refractivity (Wildman–Crippen MR) is 142 cm³/mol. The molecule has 1 aliphatic heterocycles. The number of nitrogens with zero attached hydrogens (tertiary/aromatic N) is 3. The molecule has 0 bridgehead atoms. The van der Waals surface area contributed by atoms with Gasteiger partial charge in [0.2, 0.25) is 5.13 Å². The minimum Gasteiger partial charge on any atom is -0.507 e. The highest BCUT2D eigenvalue weighted by molar-refractivity contribution is 8.00. The average Bonchev–Trinajstić information content (AvgIpc) is 3.65. The molecule has 5 rings (SSSR count). The molecule has 11 heteroatoms. The number of aliphatic hydroxyl groups excluding tert-OH is 1. The van der Waals surface area contributed by atoms with Crippen molar-refractivity contribution in [2.45, 2.75) is 23.1 Å². The van der Waals surface area contributed by atoms with Crippen LogP contribution in [0.2, 0.25) is 5.02 Å². The van der Waals surface area contributed by atoms with Gasteiger partial charge in [-0.1, -0.05) is 46.8 Å². The second-order valence-corrected chi connectivity index (χ2v) is 10.5. The van der Waals surface area contributed by atoms with E-state index in [0.29, 0.717) is 38.8 Å². The molecule has 0 aliphatic carbocycles. The van der Waals surface area contributed by atoms with Crippen LogP contribution in [0.1, 0.15) is 29.9 Å². The molecule has 2 aromatic heterocycles. The average molecular weight is 554 g/mol. The summed E-state index contributed by atoms with van der Waals surface area (Å²) >= 11 is 8.58. The van der Waals surface area contributed by atoms with Crippen LogP contribution in [-0.2, 0) is 15.3 Å². The van der Waals surface area contributed by atoms with Gasteiger partial charge in [-0.3, -0.25) is 14.5 Å². The first-order valence-electron chi connectivity index (χ1n) is 11.2. The van der Waals surface area contributed by atoms with Crippen molar-refractivity contribution < 1.29 is 23.8 Å². The maximum atomic E-state index is 13.2. The molecule has 4 aromatic rings. The molecule has 37 heavy (non-hydrogen) atoms. The smallest absolute Gasteiger partial charge is 0.302 e. The van der Waals surface area contributed by atoms with Gasteiger partial charge in [-0.05, 0) is 61.0 Å². The van der Waals surface area contributed by atoms with Crippen LogP contribution in [0, 0.1) is 0 Å². The van der Waals surface area contributed by atoms with Gasteiger partial charge < -0.3 is 14.3 Å². The Morgan fingerprint density at radius 1 is 1.14 bits per heavy atom. The molecule has 1 amide bonds. The van der Waals surface area contributed by atoms with E-state index < -0.39 is 17.7 Å². The monoisotopic (exact) mass is 553 g/mol. The first-order valence-corrected chi connectivity index (χ1v) is 13.4. The number of benzene rings is 2. The minimum atomic E-state index is -0.997. The number of aromatic nitrogens is 2. The lowest BCUT2D eigenvalue weighted by molar-refractivity contribution is -0.132. The third-order valence-electron chi connectivity index (χ3n) is 5.57. The predicted octanol–water partition coefficient (Wildman–Crippen LogP) is 6.10. The summed E-state index contributed by atoms with van der Waals surface area (Å²) in [4.78, 5) is 27.6. The summed E-state index contributed by atoms with van der Waals surface area (Å²) in [6.45, 7) is 2.37. The zero-order valence-electron chi connectivity index (χ0n) is 19.5. The molecule has 1 N–H and O–H groups in total. The molecule has 1 atom stereocenters. The minimum absolute atomic E-state index is 0.0883. The molecule has 188 valence electrons. The lowest BCUT2D eigenvalue weighted by atomic mass is 9.99. The molecule has 1 aliphatic rings. The van der Waals surface area contributed by atoms with E-state index in [2.05, 4.69) is 10.2 Å². The summed E-state index contributed by atoms with van der Waals surface area (Å²) in [5, 5.41) is 20.4. The summed E-state index contributed by atoms with van der Waals surface area (Å²) in [6, 6.07) is 16.4. The van der Waals surface area contributed by atoms with E-state index in [9.17, 15) is 14.7 Å². The molecule has 1 fully saturated rings. The largest absolute Gasteiger partial charge is 0.507 e. The van der Waals surface area contributed by atoms with Crippen molar-refractivity contribution in [1.82, 2.24) is 10.2 Å². The summed E-state index contributed by atoms with van der Waals surface area (Å²) in [6.07, 6.45) is 1.44. The number of hydrogen-bond donors (Lipinski definition) is 1. The Morgan fingerprint density at radius 2 is 1.89 bits per heavy atom. The fourth-order valence-corrected chi connectivity index (χ4v) is 5.81. The van der Waals surface area contributed by atoms with E-state index in [1.54, 1.807) is 36.4 Å². The second-order valence-electron chi connectivity index (χ2n) is 7.91. The summed E-state index contributed by atoms with van der Waals surface area (Å²) < 4.78 is 11.7. The number of thioether (sulfide) groups is 1. The van der Waals surface area contributed by atoms with Crippen LogP contribution in [0.5, 0.6) is 5.75 Å². The fraction of sp³-hybridized carbons (Fsp3) is 0.154. The number of furan rings is 1. The van der Waals surface area contributed by atoms with E-state index in [1.165, 1.54) is 34.3 Å². The van der Waals surface area contributed by atoms with Gasteiger partial charge in [0.15, 0.2) is 4.34 Å². The van der Waals surface area contributed by atoms with E-state index >= 15 is 0 Å². The van der Waals surface area contributed by atoms with Crippen LogP contribution >= 0.6 is 34.7 Å². The first kappa shape index (κ1) is 25.1. The Morgan fingerprint density at radius 3 is 2.57 bits per heavy atom. The number of carbonyl (C=O) groups excluding carboxylic acids is 2. The Labute approximate surface area is 225 Å². The van der Waals surface area contributed by atoms with Gasteiger partial charge in [0, 0.05) is 16.3 Å². The highest BCUT2D eigenvalue weighted by Gasteiger charge is 2.49. The maximum absolute atomic E-state index is 13.2. The Hall–Kier alpha value is -3.60. The molecule has 8 nitrogen and oxygen atoms in total. The summed E-state index contributed by atoms with van der Waals surface area (Å²) in [5.74, 6) is -0.397. The zero-order valence-corrected chi connectivity index (χ0v) is 21.8. The molecular formula is C26H20ClN3O5S2. The van der Waals surface area contributed by atoms with Crippen LogP contribution in [0.25, 0.3) is 5.76 Å². The molecule has 0 spiro atoms. The number of halogens is 1. The van der Waals surface area contributed by atoms with Gasteiger partial charge in [-0.15, -0.1) is 10.2 Å². The Balaban J connectivity index is 1.47. The number of hydrogen-bond acceptors (Lipinski definition) is 9. The Kier molecular flexibility index (Phi) is 7.31. The van der Waals surface area contributed by atoms with Gasteiger partial charge in [-0.2, -0.15) is 0 Å². The maximum Gasteiger partial charge on any atom is 0.302 e. The van der Waals surface area contributed by atoms with Crippen molar-refractivity contribution in [3.63, 3.8) is 0 Å². The van der Waals surface area contributed by atoms with Crippen LogP contribution < -0.4 is 9.64 Å². The van der Waals surface area contributed by atoms with E-state index in [0.717, 1.165) is 5.56 Å². The van der Waals surface area contributed by atoms with Gasteiger partial charge in [0.25, 0.3) is 5.78 Å². The molecular weight excluding hydrogens is 534 g/mol. The number of ketones is 1. The van der Waals surface area contributed by atoms with Crippen LogP contribution in [0.15, 0.2) is 81.3 Å². The molecule has 1 unspecified atom stereocenters. The summed E-state index contributed by atoms with van der Waals surface area (Å²) in [7, 11) is 0. The van der Waals surface area contributed by atoms with Crippen molar-refractivity contribution in [1.29, 1.82) is 0 Å². The number of aliphatic hydroxyl groups is 1. The number of Topliss-reactive ketones (excluding diaryl/α,β-unsaturated/α-hetero) is 1. The van der Waals surface area contributed by atoms with Gasteiger partial charge in [-0.25, -0.2) is 0 Å². The van der Waals surface area contributed by atoms with E-state index in [4.69, 9.17) is 20.8 Å². The fourth-order valence-electron chi connectivity index (χ4n) is 3.86. The number of anilines is 1. The highest BCUT2D eigenvalue weighted by atomic mass is 35.5. The quantitative estimate of drug-likeness (QED) is 0.0917. The molecule has 0 saturated carbocycles. The van der Waals surface area contributed by atoms with Gasteiger partial charge >= 0.3 is 5.91 Å². The molecule has 1 saturated heterocycles. The van der Waals surface area contributed by atoms with Crippen LogP contribution in [0.4, 0.5) is 5.13 Å². The lowest BCUT2D eigenvalue weighted by Crippen LogP contribution is -2.29. The van der Waals surface area contributed by atoms with Crippen molar-refractivity contribution in [3.8, 4) is 5.75 Å². The lowest BCUT2D eigenvalue weighted by Gasteiger charge is -2.20. The topological polar surface area (TPSA) is 106 Å². The molecule has 0 radical (unpaired) electrons. The molecule has 2 aromatic carbocycles. The van der Waals surface area contributed by atoms with Crippen LogP contribution in [0.3, 0.4) is 0 Å². The number of carbonyl (C=O) groups is 2.